The largest absolute Gasteiger partial charge is 0.399 e. The first-order valence-corrected chi connectivity index (χ1v) is 17.2. The standard InChI is InChI=1S/C45H31N3O4/c1-26-10-12-27(13-11-26)31-16-20-34-38(22-31)44(51)47(42(34)49)40-24-37(30-8-4-5-9-30)41(25-36(40)29-6-2-3-7-29)48-43(50)35-21-17-32(23-39(35)45(48)52)28-14-18-33(46)19-15-28/h2-6,8,10-25H,7,9,46H2,1H3. The Morgan fingerprint density at radius 1 is 0.462 bits per heavy atom. The number of hydrogen-bond acceptors (Lipinski definition) is 5. The van der Waals surface area contributed by atoms with Gasteiger partial charge in [0.25, 0.3) is 23.6 Å². The molecule has 5 aromatic rings. The third-order valence-corrected chi connectivity index (χ3v) is 10.2. The number of carbonyl (C=O) groups excluding carboxylic acids is 4. The maximum Gasteiger partial charge on any atom is 0.266 e. The summed E-state index contributed by atoms with van der Waals surface area (Å²) >= 11 is 0. The molecule has 5 aromatic carbocycles. The number of carbonyl (C=O) groups is 4. The second kappa shape index (κ2) is 11.9. The molecule has 0 unspecified atom stereocenters. The van der Waals surface area contributed by atoms with Gasteiger partial charge in [0.1, 0.15) is 0 Å². The number of aryl methyl sites for hydroxylation is 1. The van der Waals surface area contributed by atoms with Crippen LogP contribution in [0.5, 0.6) is 0 Å². The van der Waals surface area contributed by atoms with Crippen LogP contribution < -0.4 is 15.5 Å². The lowest BCUT2D eigenvalue weighted by molar-refractivity contribution is 0.0909. The number of benzene rings is 5. The van der Waals surface area contributed by atoms with Gasteiger partial charge in [0.15, 0.2) is 0 Å². The maximum atomic E-state index is 14.3. The van der Waals surface area contributed by atoms with Gasteiger partial charge in [-0.25, -0.2) is 9.80 Å². The Bertz CT molecular complexity index is 2370. The monoisotopic (exact) mass is 677 g/mol. The van der Waals surface area contributed by atoms with Crippen LogP contribution in [0, 0.1) is 6.92 Å². The number of nitrogens with two attached hydrogens (primary N) is 1. The number of anilines is 3. The van der Waals surface area contributed by atoms with Crippen molar-refractivity contribution in [2.24, 2.45) is 0 Å². The van der Waals surface area contributed by atoms with E-state index in [1.807, 2.05) is 91.9 Å². The van der Waals surface area contributed by atoms with Crippen LogP contribution in [0.25, 0.3) is 33.4 Å². The average molecular weight is 678 g/mol. The molecular weight excluding hydrogens is 647 g/mol. The van der Waals surface area contributed by atoms with E-state index in [0.29, 0.717) is 63.3 Å². The summed E-state index contributed by atoms with van der Waals surface area (Å²) in [7, 11) is 0. The molecule has 0 saturated carbocycles. The number of allylic oxidation sites excluding steroid dienone is 8. The highest BCUT2D eigenvalue weighted by atomic mass is 16.2. The van der Waals surface area contributed by atoms with Gasteiger partial charge in [-0.15, -0.1) is 0 Å². The summed E-state index contributed by atoms with van der Waals surface area (Å²) in [4.78, 5) is 59.5. The van der Waals surface area contributed by atoms with Crippen molar-refractivity contribution in [3.05, 3.63) is 172 Å². The first-order valence-electron chi connectivity index (χ1n) is 17.2. The van der Waals surface area contributed by atoms with Crippen molar-refractivity contribution in [3.63, 3.8) is 0 Å². The van der Waals surface area contributed by atoms with E-state index in [1.165, 1.54) is 9.80 Å². The molecule has 0 radical (unpaired) electrons. The van der Waals surface area contributed by atoms with E-state index >= 15 is 0 Å². The van der Waals surface area contributed by atoms with Gasteiger partial charge in [-0.3, -0.25) is 19.2 Å². The summed E-state index contributed by atoms with van der Waals surface area (Å²) < 4.78 is 0. The molecule has 2 heterocycles. The quantitative estimate of drug-likeness (QED) is 0.143. The molecule has 2 aliphatic carbocycles. The summed E-state index contributed by atoms with van der Waals surface area (Å²) in [5.74, 6) is -1.71. The molecule has 4 aliphatic rings. The van der Waals surface area contributed by atoms with Gasteiger partial charge in [0.05, 0.1) is 33.6 Å². The van der Waals surface area contributed by atoms with E-state index in [2.05, 4.69) is 0 Å². The number of fused-ring (bicyclic) bond motifs is 2. The normalized spacial score (nSPS) is 15.9. The fourth-order valence-electron chi connectivity index (χ4n) is 7.46. The van der Waals surface area contributed by atoms with Crippen molar-refractivity contribution in [2.75, 3.05) is 15.5 Å². The zero-order chi connectivity index (χ0) is 35.7. The minimum absolute atomic E-state index is 0.306. The highest BCUT2D eigenvalue weighted by molar-refractivity contribution is 6.37. The van der Waals surface area contributed by atoms with Crippen molar-refractivity contribution in [1.29, 1.82) is 0 Å². The predicted molar refractivity (Wildman–Crippen MR) is 205 cm³/mol. The molecule has 4 amide bonds. The number of nitrogens with zero attached hydrogens (tertiary/aromatic N) is 2. The van der Waals surface area contributed by atoms with E-state index in [9.17, 15) is 19.2 Å². The van der Waals surface area contributed by atoms with E-state index in [-0.39, 0.29) is 0 Å². The third kappa shape index (κ3) is 4.89. The Morgan fingerprint density at radius 3 is 1.29 bits per heavy atom. The Hall–Kier alpha value is -6.86. The average Bonchev–Trinajstić information content (AvgIpc) is 3.98. The van der Waals surface area contributed by atoms with Crippen LogP contribution in [0.3, 0.4) is 0 Å². The highest BCUT2D eigenvalue weighted by Gasteiger charge is 2.42. The Balaban J connectivity index is 1.17. The predicted octanol–water partition coefficient (Wildman–Crippen LogP) is 9.20. The second-order valence-electron chi connectivity index (χ2n) is 13.4. The van der Waals surface area contributed by atoms with E-state index < -0.39 is 23.6 Å². The lowest BCUT2D eigenvalue weighted by atomic mass is 9.93. The smallest absolute Gasteiger partial charge is 0.266 e. The zero-order valence-corrected chi connectivity index (χ0v) is 28.2. The lowest BCUT2D eigenvalue weighted by Crippen LogP contribution is -2.32. The fraction of sp³-hybridized carbons (Fsp3) is 0.0667. The summed E-state index contributed by atoms with van der Waals surface area (Å²) in [6, 6.07) is 29.6. The molecule has 52 heavy (non-hydrogen) atoms. The van der Waals surface area contributed by atoms with Crippen LogP contribution in [0.15, 0.2) is 134 Å². The van der Waals surface area contributed by atoms with Gasteiger partial charge < -0.3 is 5.73 Å². The van der Waals surface area contributed by atoms with Crippen molar-refractivity contribution in [3.8, 4) is 22.3 Å². The molecule has 250 valence electrons. The molecule has 0 atom stereocenters. The van der Waals surface area contributed by atoms with Gasteiger partial charge in [-0.05, 0) is 102 Å². The van der Waals surface area contributed by atoms with Gasteiger partial charge in [-0.1, -0.05) is 90.6 Å². The molecule has 9 rings (SSSR count). The van der Waals surface area contributed by atoms with Gasteiger partial charge in [0, 0.05) is 16.8 Å². The number of hydrogen-bond donors (Lipinski definition) is 1. The Morgan fingerprint density at radius 2 is 0.865 bits per heavy atom. The highest BCUT2D eigenvalue weighted by Crippen LogP contribution is 2.45. The molecule has 0 saturated heterocycles. The minimum Gasteiger partial charge on any atom is -0.399 e. The Kier molecular flexibility index (Phi) is 7.12. The van der Waals surface area contributed by atoms with Gasteiger partial charge in [0.2, 0.25) is 0 Å². The SMILES string of the molecule is Cc1ccc(-c2ccc3c(c2)C(=O)N(c2cc(C4=CC=CC4)c(N4C(=O)c5ccc(-c6ccc(N)cc6)cc5C4=O)cc2C2=CC=CC2)C3=O)cc1. The molecule has 0 spiro atoms. The van der Waals surface area contributed by atoms with Gasteiger partial charge in [-0.2, -0.15) is 0 Å². The van der Waals surface area contributed by atoms with Crippen molar-refractivity contribution in [1.82, 2.24) is 0 Å². The first-order chi connectivity index (χ1) is 25.3. The van der Waals surface area contributed by atoms with Crippen molar-refractivity contribution < 1.29 is 19.2 Å². The summed E-state index contributed by atoms with van der Waals surface area (Å²) in [6.07, 6.45) is 12.8. The van der Waals surface area contributed by atoms with Gasteiger partial charge >= 0.3 is 0 Å². The van der Waals surface area contributed by atoms with Crippen LogP contribution >= 0.6 is 0 Å². The molecule has 0 fully saturated rings. The van der Waals surface area contributed by atoms with Crippen LogP contribution in [0.1, 0.15) is 71.0 Å². The second-order valence-corrected chi connectivity index (χ2v) is 13.4. The van der Waals surface area contributed by atoms with Crippen LogP contribution in [0.4, 0.5) is 17.1 Å². The fourth-order valence-corrected chi connectivity index (χ4v) is 7.46. The number of rotatable bonds is 6. The molecule has 7 heteroatoms. The Labute approximate surface area is 300 Å². The maximum absolute atomic E-state index is 14.3. The third-order valence-electron chi connectivity index (χ3n) is 10.2. The van der Waals surface area contributed by atoms with E-state index in [0.717, 1.165) is 39.0 Å². The summed E-state index contributed by atoms with van der Waals surface area (Å²) in [5.41, 5.74) is 16.1. The summed E-state index contributed by atoms with van der Waals surface area (Å²) in [5, 5.41) is 0. The molecule has 0 bridgehead atoms. The number of nitrogen functional groups attached to an aromatic ring is 1. The minimum atomic E-state index is -0.438. The molecular formula is C45H31N3O4. The van der Waals surface area contributed by atoms with E-state index in [4.69, 9.17) is 5.73 Å². The number of amides is 4. The van der Waals surface area contributed by atoms with Crippen molar-refractivity contribution >= 4 is 51.8 Å². The van der Waals surface area contributed by atoms with E-state index in [1.54, 1.807) is 48.5 Å². The first kappa shape index (κ1) is 31.1. The van der Waals surface area contributed by atoms with Crippen LogP contribution in [0.2, 0.25) is 0 Å². The molecule has 2 N–H and O–H groups in total. The summed E-state index contributed by atoms with van der Waals surface area (Å²) in [6.45, 7) is 2.02. The lowest BCUT2D eigenvalue weighted by Gasteiger charge is -2.26. The number of imide groups is 2. The molecule has 0 aromatic heterocycles. The van der Waals surface area contributed by atoms with Crippen LogP contribution in [-0.4, -0.2) is 23.6 Å². The molecule has 7 nitrogen and oxygen atoms in total. The van der Waals surface area contributed by atoms with Crippen molar-refractivity contribution in [2.45, 2.75) is 19.8 Å². The molecule has 2 aliphatic heterocycles. The zero-order valence-electron chi connectivity index (χ0n) is 28.2. The van der Waals surface area contributed by atoms with Crippen LogP contribution in [-0.2, 0) is 0 Å². The topological polar surface area (TPSA) is 101 Å².